The van der Waals surface area contributed by atoms with Crippen molar-refractivity contribution >= 4 is 0 Å². The molecule has 0 amide bonds. The summed E-state index contributed by atoms with van der Waals surface area (Å²) in [6.45, 7) is 6.24. The van der Waals surface area contributed by atoms with Crippen LogP contribution in [0.5, 0.6) is 0 Å². The molecule has 108 valence electrons. The molecule has 1 aromatic rings. The topological polar surface area (TPSA) is 41.5 Å². The van der Waals surface area contributed by atoms with Crippen molar-refractivity contribution in [3.63, 3.8) is 0 Å². The molecule has 0 aromatic heterocycles. The fourth-order valence-corrected chi connectivity index (χ4v) is 2.33. The summed E-state index contributed by atoms with van der Waals surface area (Å²) in [7, 11) is 1.70. The molecular formula is C16H27NO2. The fraction of sp³-hybridized carbons (Fsp3) is 0.625. The number of hydrogen-bond donors (Lipinski definition) is 2. The normalized spacial score (nSPS) is 14.6. The Morgan fingerprint density at radius 3 is 2.42 bits per heavy atom. The van der Waals surface area contributed by atoms with Crippen LogP contribution in [0.2, 0.25) is 0 Å². The molecule has 2 atom stereocenters. The molecular weight excluding hydrogens is 238 g/mol. The third-order valence-corrected chi connectivity index (χ3v) is 3.50. The first kappa shape index (κ1) is 16.2. The number of rotatable bonds is 9. The Balaban J connectivity index is 2.59. The Bertz CT molecular complexity index is 321. The van der Waals surface area contributed by atoms with E-state index < -0.39 is 0 Å². The molecule has 2 N–H and O–H groups in total. The number of aliphatic hydroxyl groups is 1. The largest absolute Gasteiger partial charge is 0.396 e. The summed E-state index contributed by atoms with van der Waals surface area (Å²) in [4.78, 5) is 0. The van der Waals surface area contributed by atoms with E-state index in [1.54, 1.807) is 7.11 Å². The van der Waals surface area contributed by atoms with Crippen molar-refractivity contribution in [3.8, 4) is 0 Å². The Morgan fingerprint density at radius 1 is 1.21 bits per heavy atom. The molecule has 1 rings (SSSR count). The molecule has 0 bridgehead atoms. The molecule has 3 heteroatoms. The van der Waals surface area contributed by atoms with Crippen molar-refractivity contribution < 1.29 is 9.84 Å². The predicted molar refractivity (Wildman–Crippen MR) is 79.4 cm³/mol. The van der Waals surface area contributed by atoms with E-state index in [9.17, 15) is 0 Å². The van der Waals surface area contributed by atoms with Crippen LogP contribution in [0.3, 0.4) is 0 Å². The van der Waals surface area contributed by atoms with E-state index >= 15 is 0 Å². The summed E-state index contributed by atoms with van der Waals surface area (Å²) >= 11 is 0. The molecule has 0 fully saturated rings. The highest BCUT2D eigenvalue weighted by Gasteiger charge is 2.17. The maximum Gasteiger partial charge on any atom is 0.0616 e. The zero-order valence-corrected chi connectivity index (χ0v) is 12.3. The van der Waals surface area contributed by atoms with Crippen molar-refractivity contribution in [1.29, 1.82) is 0 Å². The standard InChI is InChI=1S/C16H27NO2/c1-13(2)16(14-7-5-4-6-8-14)11-17-15(9-10-18)12-19-3/h4-8,13,15-18H,9-12H2,1-3H3. The second-order valence-corrected chi connectivity index (χ2v) is 5.33. The zero-order valence-electron chi connectivity index (χ0n) is 12.3. The van der Waals surface area contributed by atoms with Crippen LogP contribution in [0.15, 0.2) is 30.3 Å². The average Bonchev–Trinajstić information content (AvgIpc) is 2.40. The van der Waals surface area contributed by atoms with Crippen LogP contribution in [0.1, 0.15) is 31.7 Å². The molecule has 0 aliphatic heterocycles. The first-order valence-corrected chi connectivity index (χ1v) is 7.07. The lowest BCUT2D eigenvalue weighted by molar-refractivity contribution is 0.147. The molecule has 0 spiro atoms. The van der Waals surface area contributed by atoms with Gasteiger partial charge in [0.05, 0.1) is 6.61 Å². The fourth-order valence-electron chi connectivity index (χ4n) is 2.33. The number of aliphatic hydroxyl groups excluding tert-OH is 1. The lowest BCUT2D eigenvalue weighted by atomic mass is 9.88. The van der Waals surface area contributed by atoms with Crippen LogP contribution in [-0.2, 0) is 4.74 Å². The summed E-state index contributed by atoms with van der Waals surface area (Å²) in [5.74, 6) is 1.06. The molecule has 2 unspecified atom stereocenters. The Labute approximate surface area is 117 Å². The van der Waals surface area contributed by atoms with Gasteiger partial charge in [-0.15, -0.1) is 0 Å². The molecule has 0 heterocycles. The Morgan fingerprint density at radius 2 is 1.89 bits per heavy atom. The quantitative estimate of drug-likeness (QED) is 0.720. The van der Waals surface area contributed by atoms with E-state index in [0.29, 0.717) is 18.4 Å². The van der Waals surface area contributed by atoms with Gasteiger partial charge in [0.1, 0.15) is 0 Å². The minimum atomic E-state index is 0.193. The van der Waals surface area contributed by atoms with Crippen molar-refractivity contribution in [2.45, 2.75) is 32.2 Å². The van der Waals surface area contributed by atoms with E-state index in [2.05, 4.69) is 43.4 Å². The van der Waals surface area contributed by atoms with Crippen molar-refractivity contribution in [2.24, 2.45) is 5.92 Å². The van der Waals surface area contributed by atoms with Gasteiger partial charge < -0.3 is 15.2 Å². The van der Waals surface area contributed by atoms with Crippen LogP contribution in [0, 0.1) is 5.92 Å². The number of methoxy groups -OCH3 is 1. The van der Waals surface area contributed by atoms with Crippen LogP contribution in [0.25, 0.3) is 0 Å². The molecule has 0 saturated carbocycles. The lowest BCUT2D eigenvalue weighted by Gasteiger charge is -2.25. The molecule has 1 aromatic carbocycles. The van der Waals surface area contributed by atoms with Crippen molar-refractivity contribution in [3.05, 3.63) is 35.9 Å². The van der Waals surface area contributed by atoms with E-state index in [-0.39, 0.29) is 12.6 Å². The first-order valence-electron chi connectivity index (χ1n) is 7.07. The van der Waals surface area contributed by atoms with Gasteiger partial charge in [-0.3, -0.25) is 0 Å². The molecule has 19 heavy (non-hydrogen) atoms. The summed E-state index contributed by atoms with van der Waals surface area (Å²) in [5, 5.41) is 12.6. The second-order valence-electron chi connectivity index (χ2n) is 5.33. The van der Waals surface area contributed by atoms with E-state index in [4.69, 9.17) is 9.84 Å². The van der Waals surface area contributed by atoms with E-state index in [0.717, 1.165) is 13.0 Å². The molecule has 0 aliphatic carbocycles. The Kier molecular flexibility index (Phi) is 7.72. The smallest absolute Gasteiger partial charge is 0.0616 e. The summed E-state index contributed by atoms with van der Waals surface area (Å²) in [6.07, 6.45) is 0.730. The third kappa shape index (κ3) is 5.72. The van der Waals surface area contributed by atoms with Gasteiger partial charge in [-0.1, -0.05) is 44.2 Å². The van der Waals surface area contributed by atoms with Gasteiger partial charge in [-0.2, -0.15) is 0 Å². The van der Waals surface area contributed by atoms with Gasteiger partial charge in [0.2, 0.25) is 0 Å². The highest BCUT2D eigenvalue weighted by Crippen LogP contribution is 2.23. The van der Waals surface area contributed by atoms with Crippen molar-refractivity contribution in [1.82, 2.24) is 5.32 Å². The molecule has 3 nitrogen and oxygen atoms in total. The SMILES string of the molecule is COCC(CCO)NCC(c1ccccc1)C(C)C. The number of ether oxygens (including phenoxy) is 1. The van der Waals surface area contributed by atoms with Gasteiger partial charge in [0, 0.05) is 26.3 Å². The lowest BCUT2D eigenvalue weighted by Crippen LogP contribution is -2.37. The minimum absolute atomic E-state index is 0.193. The number of benzene rings is 1. The highest BCUT2D eigenvalue weighted by molar-refractivity contribution is 5.20. The molecule has 0 aliphatic rings. The van der Waals surface area contributed by atoms with Crippen LogP contribution >= 0.6 is 0 Å². The summed E-state index contributed by atoms with van der Waals surface area (Å²) in [6, 6.07) is 10.8. The van der Waals surface area contributed by atoms with Crippen molar-refractivity contribution in [2.75, 3.05) is 26.9 Å². The maximum atomic E-state index is 9.06. The highest BCUT2D eigenvalue weighted by atomic mass is 16.5. The van der Waals surface area contributed by atoms with Gasteiger partial charge in [-0.25, -0.2) is 0 Å². The molecule has 0 saturated heterocycles. The Hall–Kier alpha value is -0.900. The van der Waals surface area contributed by atoms with Crippen LogP contribution in [0.4, 0.5) is 0 Å². The third-order valence-electron chi connectivity index (χ3n) is 3.50. The van der Waals surface area contributed by atoms with Crippen LogP contribution < -0.4 is 5.32 Å². The van der Waals surface area contributed by atoms with Gasteiger partial charge in [0.25, 0.3) is 0 Å². The first-order chi connectivity index (χ1) is 9.19. The van der Waals surface area contributed by atoms with Crippen LogP contribution in [-0.4, -0.2) is 38.0 Å². The number of hydrogen-bond acceptors (Lipinski definition) is 3. The summed E-state index contributed by atoms with van der Waals surface area (Å²) in [5.41, 5.74) is 1.37. The van der Waals surface area contributed by atoms with Gasteiger partial charge >= 0.3 is 0 Å². The predicted octanol–water partition coefficient (Wildman–Crippen LogP) is 2.41. The molecule has 0 radical (unpaired) electrons. The second kappa shape index (κ2) is 9.08. The van der Waals surface area contributed by atoms with E-state index in [1.807, 2.05) is 6.07 Å². The monoisotopic (exact) mass is 265 g/mol. The van der Waals surface area contributed by atoms with Gasteiger partial charge in [-0.05, 0) is 23.8 Å². The maximum absolute atomic E-state index is 9.06. The zero-order chi connectivity index (χ0) is 14.1. The summed E-state index contributed by atoms with van der Waals surface area (Å²) < 4.78 is 5.18. The van der Waals surface area contributed by atoms with Gasteiger partial charge in [0.15, 0.2) is 0 Å². The van der Waals surface area contributed by atoms with E-state index in [1.165, 1.54) is 5.56 Å². The number of nitrogens with one attached hydrogen (secondary N) is 1. The minimum Gasteiger partial charge on any atom is -0.396 e. The average molecular weight is 265 g/mol.